The molecule has 0 bridgehead atoms. The second kappa shape index (κ2) is 8.40. The molecule has 3 rings (SSSR count). The van der Waals surface area contributed by atoms with E-state index in [0.29, 0.717) is 24.0 Å². The summed E-state index contributed by atoms with van der Waals surface area (Å²) in [5, 5.41) is 6.60. The van der Waals surface area contributed by atoms with Crippen LogP contribution < -0.4 is 20.1 Å². The number of benzene rings is 2. The van der Waals surface area contributed by atoms with Gasteiger partial charge in [0.25, 0.3) is 0 Å². The number of ether oxygens (including phenoxy) is 2. The molecule has 27 heavy (non-hydrogen) atoms. The maximum atomic E-state index is 5.35. The Morgan fingerprint density at radius 1 is 0.889 bits per heavy atom. The molecular weight excluding hydrogens is 340 g/mol. The zero-order chi connectivity index (χ0) is 19.2. The number of hydrogen-bond donors (Lipinski definition) is 2. The highest BCUT2D eigenvalue weighted by Crippen LogP contribution is 2.27. The third-order valence-electron chi connectivity index (χ3n) is 4.04. The Morgan fingerprint density at radius 2 is 1.70 bits per heavy atom. The van der Waals surface area contributed by atoms with Crippen molar-refractivity contribution in [3.63, 3.8) is 0 Å². The van der Waals surface area contributed by atoms with Gasteiger partial charge in [-0.05, 0) is 49.2 Å². The van der Waals surface area contributed by atoms with E-state index in [9.17, 15) is 0 Å². The SMILES string of the molecule is COc1ccc(CNc2nc(C)cc(Nc3cccc(C)c3)n2)cc1OC. The average molecular weight is 364 g/mol. The van der Waals surface area contributed by atoms with Gasteiger partial charge in [-0.15, -0.1) is 0 Å². The first kappa shape index (κ1) is 18.5. The summed E-state index contributed by atoms with van der Waals surface area (Å²) in [5.41, 5.74) is 4.12. The van der Waals surface area contributed by atoms with Gasteiger partial charge in [-0.3, -0.25) is 0 Å². The molecule has 0 aliphatic carbocycles. The predicted octanol–water partition coefficient (Wildman–Crippen LogP) is 4.47. The second-order valence-electron chi connectivity index (χ2n) is 6.26. The average Bonchev–Trinajstić information content (AvgIpc) is 2.65. The van der Waals surface area contributed by atoms with Crippen molar-refractivity contribution >= 4 is 17.5 Å². The van der Waals surface area contributed by atoms with Crippen LogP contribution in [0.2, 0.25) is 0 Å². The summed E-state index contributed by atoms with van der Waals surface area (Å²) < 4.78 is 10.6. The van der Waals surface area contributed by atoms with Gasteiger partial charge >= 0.3 is 0 Å². The van der Waals surface area contributed by atoms with Gasteiger partial charge in [0.15, 0.2) is 11.5 Å². The Hall–Kier alpha value is -3.28. The lowest BCUT2D eigenvalue weighted by Crippen LogP contribution is -2.06. The van der Waals surface area contributed by atoms with Gasteiger partial charge in [-0.1, -0.05) is 18.2 Å². The number of nitrogens with zero attached hydrogens (tertiary/aromatic N) is 2. The van der Waals surface area contributed by atoms with Crippen LogP contribution in [-0.2, 0) is 6.54 Å². The van der Waals surface area contributed by atoms with Crippen molar-refractivity contribution in [2.45, 2.75) is 20.4 Å². The number of rotatable bonds is 7. The molecule has 3 aromatic rings. The monoisotopic (exact) mass is 364 g/mol. The first-order chi connectivity index (χ1) is 13.1. The van der Waals surface area contributed by atoms with Crippen LogP contribution >= 0.6 is 0 Å². The summed E-state index contributed by atoms with van der Waals surface area (Å²) in [6.07, 6.45) is 0. The maximum absolute atomic E-state index is 5.35. The largest absolute Gasteiger partial charge is 0.493 e. The number of hydrogen-bond acceptors (Lipinski definition) is 6. The van der Waals surface area contributed by atoms with E-state index < -0.39 is 0 Å². The minimum Gasteiger partial charge on any atom is -0.493 e. The van der Waals surface area contributed by atoms with Crippen LogP contribution in [0.25, 0.3) is 0 Å². The number of nitrogens with one attached hydrogen (secondary N) is 2. The fourth-order valence-electron chi connectivity index (χ4n) is 2.75. The summed E-state index contributed by atoms with van der Waals surface area (Å²) in [6.45, 7) is 4.59. The van der Waals surface area contributed by atoms with Crippen molar-refractivity contribution in [2.24, 2.45) is 0 Å². The van der Waals surface area contributed by atoms with Crippen molar-refractivity contribution < 1.29 is 9.47 Å². The third kappa shape index (κ3) is 4.88. The van der Waals surface area contributed by atoms with E-state index in [2.05, 4.69) is 39.7 Å². The van der Waals surface area contributed by atoms with E-state index >= 15 is 0 Å². The molecular formula is C21H24N4O2. The van der Waals surface area contributed by atoms with E-state index in [0.717, 1.165) is 22.8 Å². The molecule has 0 saturated heterocycles. The fourth-order valence-corrected chi connectivity index (χ4v) is 2.75. The Morgan fingerprint density at radius 3 is 2.44 bits per heavy atom. The highest BCUT2D eigenvalue weighted by molar-refractivity contribution is 5.58. The molecule has 0 saturated carbocycles. The Balaban J connectivity index is 1.73. The van der Waals surface area contributed by atoms with Gasteiger partial charge in [0.2, 0.25) is 5.95 Å². The molecule has 1 aromatic heterocycles. The molecule has 0 spiro atoms. The van der Waals surface area contributed by atoms with Crippen molar-refractivity contribution in [1.29, 1.82) is 0 Å². The zero-order valence-corrected chi connectivity index (χ0v) is 16.0. The number of aromatic nitrogens is 2. The van der Waals surface area contributed by atoms with Gasteiger partial charge in [0.1, 0.15) is 5.82 Å². The summed E-state index contributed by atoms with van der Waals surface area (Å²) in [5.74, 6) is 2.73. The molecule has 0 aliphatic heterocycles. The van der Waals surface area contributed by atoms with Crippen molar-refractivity contribution in [1.82, 2.24) is 9.97 Å². The smallest absolute Gasteiger partial charge is 0.225 e. The van der Waals surface area contributed by atoms with Crippen molar-refractivity contribution in [3.05, 3.63) is 65.4 Å². The fraction of sp³-hybridized carbons (Fsp3) is 0.238. The molecule has 0 radical (unpaired) electrons. The Labute approximate surface area is 159 Å². The quantitative estimate of drug-likeness (QED) is 0.645. The Kier molecular flexibility index (Phi) is 5.76. The summed E-state index contributed by atoms with van der Waals surface area (Å²) in [6, 6.07) is 15.9. The predicted molar refractivity (Wildman–Crippen MR) is 108 cm³/mol. The van der Waals surface area contributed by atoms with E-state index in [4.69, 9.17) is 9.47 Å². The van der Waals surface area contributed by atoms with Crippen LogP contribution in [0.15, 0.2) is 48.5 Å². The van der Waals surface area contributed by atoms with Gasteiger partial charge in [0, 0.05) is 24.0 Å². The van der Waals surface area contributed by atoms with E-state index in [1.807, 2.05) is 43.3 Å². The number of methoxy groups -OCH3 is 2. The molecule has 2 N–H and O–H groups in total. The molecule has 6 nitrogen and oxygen atoms in total. The topological polar surface area (TPSA) is 68.3 Å². The summed E-state index contributed by atoms with van der Waals surface area (Å²) in [4.78, 5) is 9.03. The highest BCUT2D eigenvalue weighted by atomic mass is 16.5. The van der Waals surface area contributed by atoms with Crippen LogP contribution in [0.1, 0.15) is 16.8 Å². The normalized spacial score (nSPS) is 10.4. The molecule has 140 valence electrons. The van der Waals surface area contributed by atoms with E-state index in [1.165, 1.54) is 5.56 Å². The summed E-state index contributed by atoms with van der Waals surface area (Å²) >= 11 is 0. The van der Waals surface area contributed by atoms with Gasteiger partial charge in [0.05, 0.1) is 14.2 Å². The van der Waals surface area contributed by atoms with Gasteiger partial charge < -0.3 is 20.1 Å². The van der Waals surface area contributed by atoms with Crippen LogP contribution in [0.5, 0.6) is 11.5 Å². The van der Waals surface area contributed by atoms with Crippen LogP contribution in [0.4, 0.5) is 17.5 Å². The van der Waals surface area contributed by atoms with Crippen LogP contribution in [-0.4, -0.2) is 24.2 Å². The standard InChI is InChI=1S/C21H24N4O2/c1-14-6-5-7-17(10-14)24-20-11-15(2)23-21(25-20)22-13-16-8-9-18(26-3)19(12-16)27-4/h5-12H,13H2,1-4H3,(H2,22,23,24,25). The minimum absolute atomic E-state index is 0.569. The third-order valence-corrected chi connectivity index (χ3v) is 4.04. The number of anilines is 3. The van der Waals surface area contributed by atoms with Gasteiger partial charge in [-0.25, -0.2) is 4.98 Å². The molecule has 0 aliphatic rings. The maximum Gasteiger partial charge on any atom is 0.225 e. The molecule has 0 unspecified atom stereocenters. The first-order valence-corrected chi connectivity index (χ1v) is 8.71. The Bertz CT molecular complexity index is 928. The van der Waals surface area contributed by atoms with Crippen molar-refractivity contribution in [3.8, 4) is 11.5 Å². The number of aryl methyl sites for hydroxylation is 2. The molecule has 0 amide bonds. The lowest BCUT2D eigenvalue weighted by molar-refractivity contribution is 0.354. The van der Waals surface area contributed by atoms with Crippen LogP contribution in [0.3, 0.4) is 0 Å². The summed E-state index contributed by atoms with van der Waals surface area (Å²) in [7, 11) is 3.25. The van der Waals surface area contributed by atoms with Gasteiger partial charge in [-0.2, -0.15) is 4.98 Å². The molecule has 6 heteroatoms. The molecule has 0 atom stereocenters. The van der Waals surface area contributed by atoms with Crippen molar-refractivity contribution in [2.75, 3.05) is 24.9 Å². The lowest BCUT2D eigenvalue weighted by Gasteiger charge is -2.12. The zero-order valence-electron chi connectivity index (χ0n) is 16.0. The van der Waals surface area contributed by atoms with E-state index in [1.54, 1.807) is 14.2 Å². The minimum atomic E-state index is 0.569. The molecule has 2 aromatic carbocycles. The lowest BCUT2D eigenvalue weighted by atomic mass is 10.2. The van der Waals surface area contributed by atoms with E-state index in [-0.39, 0.29) is 0 Å². The highest BCUT2D eigenvalue weighted by Gasteiger charge is 2.07. The molecule has 0 fully saturated rings. The first-order valence-electron chi connectivity index (χ1n) is 8.71. The second-order valence-corrected chi connectivity index (χ2v) is 6.26. The van der Waals surface area contributed by atoms with Crippen LogP contribution in [0, 0.1) is 13.8 Å². The molecule has 1 heterocycles.